The van der Waals surface area contributed by atoms with Crippen molar-refractivity contribution in [2.75, 3.05) is 18.5 Å². The normalized spacial score (nSPS) is 11.6. The molecule has 2 rings (SSSR count). The number of rotatable bonds is 8. The largest absolute Gasteiger partial charge is 0.444 e. The molecule has 0 spiro atoms. The second-order valence-electron chi connectivity index (χ2n) is 6.37. The topological polar surface area (TPSA) is 91.7 Å². The van der Waals surface area contributed by atoms with Crippen LogP contribution in [0.1, 0.15) is 47.6 Å². The molecule has 0 aliphatic rings. The van der Waals surface area contributed by atoms with E-state index in [9.17, 15) is 14.4 Å². The average Bonchev–Trinajstić information content (AvgIpc) is 3.12. The van der Waals surface area contributed by atoms with E-state index < -0.39 is 0 Å². The fraction of sp³-hybridized carbons (Fsp3) is 0.350. The number of amides is 3. The van der Waals surface area contributed by atoms with E-state index in [1.807, 2.05) is 13.8 Å². The molecule has 0 fully saturated rings. The van der Waals surface area contributed by atoms with Crippen LogP contribution in [0.4, 0.5) is 5.69 Å². The van der Waals surface area contributed by atoms with Crippen LogP contribution in [-0.2, 0) is 4.79 Å². The highest BCUT2D eigenvalue weighted by Gasteiger charge is 2.21. The Bertz CT molecular complexity index is 849. The van der Waals surface area contributed by atoms with Gasteiger partial charge < -0.3 is 20.0 Å². The van der Waals surface area contributed by atoms with Crippen LogP contribution in [0.2, 0.25) is 0 Å². The number of hydrogen-bond donors (Lipinski definition) is 2. The quantitative estimate of drug-likeness (QED) is 0.646. The number of carbonyl (C=O) groups excluding carboxylic acids is 3. The van der Waals surface area contributed by atoms with E-state index in [1.165, 1.54) is 4.90 Å². The van der Waals surface area contributed by atoms with Crippen LogP contribution in [0.3, 0.4) is 0 Å². The first-order valence-corrected chi connectivity index (χ1v) is 9.82. The Morgan fingerprint density at radius 3 is 2.54 bits per heavy atom. The summed E-state index contributed by atoms with van der Waals surface area (Å²) < 4.78 is 5.75. The van der Waals surface area contributed by atoms with E-state index in [4.69, 9.17) is 4.42 Å². The van der Waals surface area contributed by atoms with Crippen LogP contribution in [-0.4, -0.2) is 37.4 Å². The lowest BCUT2D eigenvalue weighted by atomic mass is 10.1. The molecule has 2 N–H and O–H groups in total. The molecule has 1 aromatic heterocycles. The molecule has 150 valence electrons. The average molecular weight is 450 g/mol. The molecule has 0 radical (unpaired) electrons. The Kier molecular flexibility index (Phi) is 7.80. The summed E-state index contributed by atoms with van der Waals surface area (Å²) in [4.78, 5) is 38.4. The molecule has 8 heteroatoms. The monoisotopic (exact) mass is 449 g/mol. The van der Waals surface area contributed by atoms with Crippen molar-refractivity contribution in [2.24, 2.45) is 0 Å². The highest BCUT2D eigenvalue weighted by molar-refractivity contribution is 9.10. The van der Waals surface area contributed by atoms with Gasteiger partial charge in [-0.1, -0.05) is 19.1 Å². The van der Waals surface area contributed by atoms with Crippen molar-refractivity contribution in [1.29, 1.82) is 0 Å². The first-order chi connectivity index (χ1) is 13.3. The Balaban J connectivity index is 2.03. The molecule has 1 aromatic carbocycles. The molecule has 0 saturated heterocycles. The third-order valence-corrected chi connectivity index (χ3v) is 4.68. The molecule has 2 aromatic rings. The van der Waals surface area contributed by atoms with Gasteiger partial charge in [-0.05, 0) is 53.5 Å². The predicted molar refractivity (Wildman–Crippen MR) is 110 cm³/mol. The summed E-state index contributed by atoms with van der Waals surface area (Å²) >= 11 is 3.17. The second kappa shape index (κ2) is 10.1. The fourth-order valence-corrected chi connectivity index (χ4v) is 2.80. The molecule has 0 aliphatic carbocycles. The van der Waals surface area contributed by atoms with Crippen molar-refractivity contribution in [3.8, 4) is 0 Å². The Labute approximate surface area is 172 Å². The molecule has 1 heterocycles. The molecule has 0 saturated carbocycles. The highest BCUT2D eigenvalue weighted by atomic mass is 79.9. The molecule has 28 heavy (non-hydrogen) atoms. The predicted octanol–water partition coefficient (Wildman–Crippen LogP) is 3.35. The highest BCUT2D eigenvalue weighted by Crippen LogP contribution is 2.23. The summed E-state index contributed by atoms with van der Waals surface area (Å²) in [7, 11) is 1.57. The van der Waals surface area contributed by atoms with Crippen molar-refractivity contribution in [2.45, 2.75) is 32.7 Å². The molecule has 3 amide bonds. The van der Waals surface area contributed by atoms with Gasteiger partial charge >= 0.3 is 0 Å². The lowest BCUT2D eigenvalue weighted by molar-refractivity contribution is -0.121. The van der Waals surface area contributed by atoms with E-state index in [2.05, 4.69) is 26.6 Å². The van der Waals surface area contributed by atoms with Crippen LogP contribution >= 0.6 is 15.9 Å². The van der Waals surface area contributed by atoms with E-state index >= 15 is 0 Å². The molecule has 1 atom stereocenters. The Morgan fingerprint density at radius 2 is 1.89 bits per heavy atom. The second-order valence-corrected chi connectivity index (χ2v) is 7.15. The third kappa shape index (κ3) is 5.69. The van der Waals surface area contributed by atoms with Crippen molar-refractivity contribution < 1.29 is 18.8 Å². The van der Waals surface area contributed by atoms with Gasteiger partial charge in [-0.15, -0.1) is 0 Å². The van der Waals surface area contributed by atoms with Crippen LogP contribution in [0.15, 0.2) is 45.5 Å². The van der Waals surface area contributed by atoms with Gasteiger partial charge in [-0.3, -0.25) is 14.4 Å². The summed E-state index contributed by atoms with van der Waals surface area (Å²) in [6, 6.07) is 10.1. The number of nitrogens with one attached hydrogen (secondary N) is 2. The minimum atomic E-state index is -0.376. The standard InChI is InChI=1S/C20H24BrN3O4/c1-4-13(2)23-18(25)11-12-22-19(26)14-7-5-6-8-15(14)24(3)20(27)16-9-10-17(21)28-16/h5-10,13H,4,11-12H2,1-3H3,(H,22,26)(H,23,25). The number of para-hydroxylation sites is 1. The fourth-order valence-electron chi connectivity index (χ4n) is 2.50. The lowest BCUT2D eigenvalue weighted by Crippen LogP contribution is -2.35. The number of halogens is 1. The SMILES string of the molecule is CCC(C)NC(=O)CCNC(=O)c1ccccc1N(C)C(=O)c1ccc(Br)o1. The molecule has 7 nitrogen and oxygen atoms in total. The van der Waals surface area contributed by atoms with Crippen LogP contribution in [0, 0.1) is 0 Å². The van der Waals surface area contributed by atoms with Gasteiger partial charge in [0.05, 0.1) is 11.3 Å². The number of hydrogen-bond acceptors (Lipinski definition) is 4. The van der Waals surface area contributed by atoms with Gasteiger partial charge in [0.25, 0.3) is 11.8 Å². The maximum atomic E-state index is 12.6. The van der Waals surface area contributed by atoms with Gasteiger partial charge in [-0.2, -0.15) is 0 Å². The van der Waals surface area contributed by atoms with Gasteiger partial charge in [0.1, 0.15) is 0 Å². The summed E-state index contributed by atoms with van der Waals surface area (Å²) in [6.45, 7) is 4.12. The summed E-state index contributed by atoms with van der Waals surface area (Å²) in [5.74, 6) is -0.684. The lowest BCUT2D eigenvalue weighted by Gasteiger charge is -2.19. The van der Waals surface area contributed by atoms with Gasteiger partial charge in [0.15, 0.2) is 10.4 Å². The molecular weight excluding hydrogens is 426 g/mol. The molecule has 0 bridgehead atoms. The molecule has 1 unspecified atom stereocenters. The number of anilines is 1. The van der Waals surface area contributed by atoms with Gasteiger partial charge in [0.2, 0.25) is 5.91 Å². The van der Waals surface area contributed by atoms with Crippen LogP contribution in [0.5, 0.6) is 0 Å². The molecule has 0 aliphatic heterocycles. The summed E-state index contributed by atoms with van der Waals surface area (Å²) in [6.07, 6.45) is 1.03. The van der Waals surface area contributed by atoms with E-state index in [-0.39, 0.29) is 42.5 Å². The van der Waals surface area contributed by atoms with Gasteiger partial charge in [-0.25, -0.2) is 0 Å². The van der Waals surface area contributed by atoms with Crippen molar-refractivity contribution in [3.05, 3.63) is 52.4 Å². The third-order valence-electron chi connectivity index (χ3n) is 4.26. The van der Waals surface area contributed by atoms with E-state index in [0.29, 0.717) is 15.9 Å². The Hall–Kier alpha value is -2.61. The summed E-state index contributed by atoms with van der Waals surface area (Å²) in [5, 5.41) is 5.58. The van der Waals surface area contributed by atoms with Crippen molar-refractivity contribution in [3.63, 3.8) is 0 Å². The number of furan rings is 1. The summed E-state index contributed by atoms with van der Waals surface area (Å²) in [5.41, 5.74) is 0.785. The Morgan fingerprint density at radius 1 is 1.18 bits per heavy atom. The molecular formula is C20H24BrN3O4. The first-order valence-electron chi connectivity index (χ1n) is 9.03. The van der Waals surface area contributed by atoms with Crippen molar-refractivity contribution >= 4 is 39.3 Å². The zero-order chi connectivity index (χ0) is 20.7. The number of carbonyl (C=O) groups is 3. The maximum absolute atomic E-state index is 12.6. The number of benzene rings is 1. The zero-order valence-corrected chi connectivity index (χ0v) is 17.7. The van der Waals surface area contributed by atoms with Crippen LogP contribution in [0.25, 0.3) is 0 Å². The van der Waals surface area contributed by atoms with Crippen molar-refractivity contribution in [1.82, 2.24) is 10.6 Å². The van der Waals surface area contributed by atoms with Gasteiger partial charge in [0, 0.05) is 26.1 Å². The smallest absolute Gasteiger partial charge is 0.293 e. The maximum Gasteiger partial charge on any atom is 0.293 e. The van der Waals surface area contributed by atoms with E-state index in [1.54, 1.807) is 43.4 Å². The first kappa shape index (κ1) is 21.7. The number of nitrogens with zero attached hydrogens (tertiary/aromatic N) is 1. The van der Waals surface area contributed by atoms with Crippen LogP contribution < -0.4 is 15.5 Å². The zero-order valence-electron chi connectivity index (χ0n) is 16.1. The minimum Gasteiger partial charge on any atom is -0.444 e. The van der Waals surface area contributed by atoms with E-state index in [0.717, 1.165) is 6.42 Å². The minimum absolute atomic E-state index is 0.102.